The molecule has 0 aliphatic carbocycles. The summed E-state index contributed by atoms with van der Waals surface area (Å²) in [5.41, 5.74) is -0.0735. The SMILES string of the molecule is C=CCNC(=O)Nc1ccc(O)cc1C(=O)O. The second-order valence-corrected chi connectivity index (χ2v) is 3.16. The second-order valence-electron chi connectivity index (χ2n) is 3.16. The summed E-state index contributed by atoms with van der Waals surface area (Å²) in [6.45, 7) is 3.70. The van der Waals surface area contributed by atoms with Gasteiger partial charge >= 0.3 is 12.0 Å². The fourth-order valence-electron chi connectivity index (χ4n) is 1.15. The Kier molecular flexibility index (Phi) is 4.10. The fourth-order valence-corrected chi connectivity index (χ4v) is 1.15. The predicted molar refractivity (Wildman–Crippen MR) is 62.3 cm³/mol. The first-order valence-electron chi connectivity index (χ1n) is 4.76. The van der Waals surface area contributed by atoms with Crippen molar-refractivity contribution in [3.05, 3.63) is 36.4 Å². The molecule has 0 saturated heterocycles. The molecule has 2 amide bonds. The first-order valence-corrected chi connectivity index (χ1v) is 4.76. The van der Waals surface area contributed by atoms with Gasteiger partial charge < -0.3 is 20.8 Å². The maximum atomic E-state index is 11.3. The van der Waals surface area contributed by atoms with Crippen LogP contribution in [-0.4, -0.2) is 28.8 Å². The minimum atomic E-state index is -1.24. The molecule has 4 N–H and O–H groups in total. The summed E-state index contributed by atoms with van der Waals surface area (Å²) in [6.07, 6.45) is 1.49. The highest BCUT2D eigenvalue weighted by molar-refractivity contribution is 6.00. The maximum absolute atomic E-state index is 11.3. The number of carbonyl (C=O) groups is 2. The quantitative estimate of drug-likeness (QED) is 0.469. The van der Waals surface area contributed by atoms with E-state index in [4.69, 9.17) is 10.2 Å². The van der Waals surface area contributed by atoms with Gasteiger partial charge in [-0.25, -0.2) is 9.59 Å². The lowest BCUT2D eigenvalue weighted by Gasteiger charge is -2.09. The number of phenolic OH excluding ortho intramolecular Hbond substituents is 1. The molecule has 0 aliphatic heterocycles. The van der Waals surface area contributed by atoms with Gasteiger partial charge in [-0.2, -0.15) is 0 Å². The largest absolute Gasteiger partial charge is 0.508 e. The molecule has 6 heteroatoms. The number of carboxylic acids is 1. The maximum Gasteiger partial charge on any atom is 0.337 e. The Morgan fingerprint density at radius 1 is 1.41 bits per heavy atom. The molecule has 1 aromatic rings. The first-order chi connectivity index (χ1) is 8.04. The number of amides is 2. The zero-order valence-corrected chi connectivity index (χ0v) is 8.93. The number of urea groups is 1. The van der Waals surface area contributed by atoms with Crippen molar-refractivity contribution in [3.8, 4) is 5.75 Å². The van der Waals surface area contributed by atoms with E-state index in [-0.39, 0.29) is 23.5 Å². The number of carbonyl (C=O) groups excluding carboxylic acids is 1. The van der Waals surface area contributed by atoms with Crippen molar-refractivity contribution in [1.82, 2.24) is 5.32 Å². The summed E-state index contributed by atoms with van der Waals surface area (Å²) in [6, 6.07) is 3.12. The Bertz CT molecular complexity index is 457. The van der Waals surface area contributed by atoms with Gasteiger partial charge in [-0.3, -0.25) is 0 Å². The van der Waals surface area contributed by atoms with Crippen LogP contribution < -0.4 is 10.6 Å². The van der Waals surface area contributed by atoms with E-state index < -0.39 is 12.0 Å². The van der Waals surface area contributed by atoms with Crippen LogP contribution in [0.5, 0.6) is 5.75 Å². The molecule has 0 radical (unpaired) electrons. The number of aromatic hydroxyl groups is 1. The van der Waals surface area contributed by atoms with E-state index in [0.717, 1.165) is 6.07 Å². The van der Waals surface area contributed by atoms with Crippen LogP contribution in [0.25, 0.3) is 0 Å². The minimum absolute atomic E-state index is 0.108. The van der Waals surface area contributed by atoms with Crippen molar-refractivity contribution in [1.29, 1.82) is 0 Å². The molecule has 6 nitrogen and oxygen atoms in total. The number of benzene rings is 1. The molecular weight excluding hydrogens is 224 g/mol. The lowest BCUT2D eigenvalue weighted by atomic mass is 10.1. The third-order valence-corrected chi connectivity index (χ3v) is 1.89. The highest BCUT2D eigenvalue weighted by atomic mass is 16.4. The number of anilines is 1. The topological polar surface area (TPSA) is 98.7 Å². The zero-order chi connectivity index (χ0) is 12.8. The Labute approximate surface area is 97.6 Å². The van der Waals surface area contributed by atoms with Crippen molar-refractivity contribution in [2.75, 3.05) is 11.9 Å². The molecule has 0 aliphatic rings. The van der Waals surface area contributed by atoms with E-state index in [1.165, 1.54) is 18.2 Å². The predicted octanol–water partition coefficient (Wildman–Crippen LogP) is 1.40. The van der Waals surface area contributed by atoms with Gasteiger partial charge in [-0.1, -0.05) is 6.08 Å². The van der Waals surface area contributed by atoms with Crippen LogP contribution in [0, 0.1) is 0 Å². The molecule has 0 unspecified atom stereocenters. The molecule has 1 rings (SSSR count). The lowest BCUT2D eigenvalue weighted by Crippen LogP contribution is -2.29. The van der Waals surface area contributed by atoms with Crippen LogP contribution in [0.4, 0.5) is 10.5 Å². The second kappa shape index (κ2) is 5.55. The van der Waals surface area contributed by atoms with Crippen molar-refractivity contribution in [2.45, 2.75) is 0 Å². The highest BCUT2D eigenvalue weighted by Crippen LogP contribution is 2.21. The molecular formula is C11H12N2O4. The normalized spacial score (nSPS) is 9.41. The molecule has 1 aromatic carbocycles. The van der Waals surface area contributed by atoms with E-state index in [0.29, 0.717) is 0 Å². The molecule has 0 aromatic heterocycles. The average molecular weight is 236 g/mol. The van der Waals surface area contributed by atoms with E-state index in [9.17, 15) is 9.59 Å². The van der Waals surface area contributed by atoms with Crippen LogP contribution >= 0.6 is 0 Å². The van der Waals surface area contributed by atoms with Crippen molar-refractivity contribution >= 4 is 17.7 Å². The van der Waals surface area contributed by atoms with Gasteiger partial charge in [-0.05, 0) is 18.2 Å². The molecule has 0 fully saturated rings. The number of hydrogen-bond donors (Lipinski definition) is 4. The number of aromatic carboxylic acids is 1. The van der Waals surface area contributed by atoms with E-state index in [2.05, 4.69) is 17.2 Å². The Morgan fingerprint density at radius 2 is 2.12 bits per heavy atom. The van der Waals surface area contributed by atoms with Gasteiger partial charge in [0, 0.05) is 6.54 Å². The molecule has 0 heterocycles. The summed E-state index contributed by atoms with van der Waals surface area (Å²) in [7, 11) is 0. The molecule has 90 valence electrons. The first kappa shape index (κ1) is 12.6. The Hall–Kier alpha value is -2.50. The van der Waals surface area contributed by atoms with Crippen LogP contribution in [-0.2, 0) is 0 Å². The van der Waals surface area contributed by atoms with Crippen molar-refractivity contribution < 1.29 is 19.8 Å². The summed E-state index contributed by atoms with van der Waals surface area (Å²) in [4.78, 5) is 22.2. The van der Waals surface area contributed by atoms with Gasteiger partial charge in [0.25, 0.3) is 0 Å². The molecule has 0 saturated carbocycles. The van der Waals surface area contributed by atoms with Crippen LogP contribution in [0.3, 0.4) is 0 Å². The summed E-state index contributed by atoms with van der Waals surface area (Å²) < 4.78 is 0. The van der Waals surface area contributed by atoms with Crippen LogP contribution in [0.1, 0.15) is 10.4 Å². The number of phenols is 1. The number of rotatable bonds is 4. The van der Waals surface area contributed by atoms with E-state index >= 15 is 0 Å². The third kappa shape index (κ3) is 3.53. The molecule has 17 heavy (non-hydrogen) atoms. The molecule has 0 bridgehead atoms. The monoisotopic (exact) mass is 236 g/mol. The van der Waals surface area contributed by atoms with Gasteiger partial charge in [0.1, 0.15) is 5.75 Å². The third-order valence-electron chi connectivity index (χ3n) is 1.89. The molecule has 0 atom stereocenters. The van der Waals surface area contributed by atoms with Gasteiger partial charge in [0.2, 0.25) is 0 Å². The Morgan fingerprint density at radius 3 is 2.71 bits per heavy atom. The smallest absolute Gasteiger partial charge is 0.337 e. The fraction of sp³-hybridized carbons (Fsp3) is 0.0909. The molecule has 0 spiro atoms. The van der Waals surface area contributed by atoms with Crippen LogP contribution in [0.15, 0.2) is 30.9 Å². The number of nitrogens with one attached hydrogen (secondary N) is 2. The Balaban J connectivity index is 2.86. The van der Waals surface area contributed by atoms with Gasteiger partial charge in [-0.15, -0.1) is 6.58 Å². The number of hydrogen-bond acceptors (Lipinski definition) is 3. The summed E-state index contributed by atoms with van der Waals surface area (Å²) in [5.74, 6) is -1.42. The van der Waals surface area contributed by atoms with Crippen molar-refractivity contribution in [3.63, 3.8) is 0 Å². The zero-order valence-electron chi connectivity index (χ0n) is 8.93. The van der Waals surface area contributed by atoms with Gasteiger partial charge in [0.15, 0.2) is 0 Å². The van der Waals surface area contributed by atoms with Crippen LogP contribution in [0.2, 0.25) is 0 Å². The van der Waals surface area contributed by atoms with E-state index in [1.54, 1.807) is 0 Å². The van der Waals surface area contributed by atoms with E-state index in [1.807, 2.05) is 0 Å². The highest BCUT2D eigenvalue weighted by Gasteiger charge is 2.12. The summed E-state index contributed by atoms with van der Waals surface area (Å²) in [5, 5.41) is 22.8. The standard InChI is InChI=1S/C11H12N2O4/c1-2-5-12-11(17)13-9-4-3-7(14)6-8(9)10(15)16/h2-4,6,14H,1,5H2,(H,15,16)(H2,12,13,17). The average Bonchev–Trinajstić information content (AvgIpc) is 2.28. The summed E-state index contributed by atoms with van der Waals surface area (Å²) >= 11 is 0. The van der Waals surface area contributed by atoms with Gasteiger partial charge in [0.05, 0.1) is 11.3 Å². The number of carboxylic acid groups (broad SMARTS) is 1. The minimum Gasteiger partial charge on any atom is -0.508 e. The lowest BCUT2D eigenvalue weighted by molar-refractivity contribution is 0.0697. The van der Waals surface area contributed by atoms with Crippen molar-refractivity contribution in [2.24, 2.45) is 0 Å².